The van der Waals surface area contributed by atoms with E-state index >= 15 is 0 Å². The van der Waals surface area contributed by atoms with Crippen LogP contribution in [-0.4, -0.2) is 12.1 Å². The van der Waals surface area contributed by atoms with Gasteiger partial charge in [0.15, 0.2) is 0 Å². The summed E-state index contributed by atoms with van der Waals surface area (Å²) in [6.07, 6.45) is 2.13. The highest BCUT2D eigenvalue weighted by Crippen LogP contribution is 2.23. The van der Waals surface area contributed by atoms with E-state index in [1.165, 1.54) is 5.56 Å². The number of benzene rings is 1. The lowest BCUT2D eigenvalue weighted by atomic mass is 9.99. The lowest BCUT2D eigenvalue weighted by molar-refractivity contribution is 0.372. The van der Waals surface area contributed by atoms with Crippen LogP contribution in [0.2, 0.25) is 10.0 Å². The zero-order valence-electron chi connectivity index (χ0n) is 11.7. The Hall–Kier alpha value is -0.240. The number of aryl methyl sites for hydroxylation is 1. The van der Waals surface area contributed by atoms with E-state index in [0.717, 1.165) is 24.4 Å². The molecular formula is C15H23Cl2N. The van der Waals surface area contributed by atoms with Gasteiger partial charge >= 0.3 is 0 Å². The summed E-state index contributed by atoms with van der Waals surface area (Å²) in [5, 5.41) is 5.00. The zero-order chi connectivity index (χ0) is 13.8. The molecule has 0 saturated carbocycles. The Balaban J connectivity index is 2.40. The highest BCUT2D eigenvalue weighted by Gasteiger charge is 2.11. The summed E-state index contributed by atoms with van der Waals surface area (Å²) >= 11 is 12.0. The van der Waals surface area contributed by atoms with Crippen LogP contribution in [-0.2, 0) is 6.42 Å². The highest BCUT2D eigenvalue weighted by molar-refractivity contribution is 6.35. The number of halogens is 2. The van der Waals surface area contributed by atoms with E-state index in [1.807, 2.05) is 18.2 Å². The zero-order valence-corrected chi connectivity index (χ0v) is 13.2. The van der Waals surface area contributed by atoms with Crippen molar-refractivity contribution in [2.24, 2.45) is 5.92 Å². The first-order valence-corrected chi connectivity index (χ1v) is 7.22. The Kier molecular flexibility index (Phi) is 5.97. The van der Waals surface area contributed by atoms with Crippen molar-refractivity contribution >= 4 is 23.2 Å². The molecule has 0 fully saturated rings. The van der Waals surface area contributed by atoms with E-state index in [9.17, 15) is 0 Å². The third kappa shape index (κ3) is 6.08. The predicted octanol–water partition coefficient (Wildman–Crippen LogP) is 4.95. The lowest BCUT2D eigenvalue weighted by Gasteiger charge is -2.23. The van der Waals surface area contributed by atoms with Gasteiger partial charge in [-0.2, -0.15) is 0 Å². The van der Waals surface area contributed by atoms with Crippen LogP contribution in [0, 0.1) is 5.92 Å². The topological polar surface area (TPSA) is 12.0 Å². The average molecular weight is 288 g/mol. The van der Waals surface area contributed by atoms with Crippen molar-refractivity contribution in [3.8, 4) is 0 Å². The Labute approximate surface area is 121 Å². The molecule has 1 aromatic rings. The van der Waals surface area contributed by atoms with Gasteiger partial charge in [-0.1, -0.05) is 36.2 Å². The van der Waals surface area contributed by atoms with Crippen LogP contribution in [0.1, 0.15) is 39.7 Å². The Bertz CT molecular complexity index is 383. The fraction of sp³-hybridized carbons (Fsp3) is 0.600. The molecule has 0 radical (unpaired) electrons. The molecule has 3 heteroatoms. The normalized spacial score (nSPS) is 13.7. The van der Waals surface area contributed by atoms with Crippen molar-refractivity contribution in [3.05, 3.63) is 33.8 Å². The van der Waals surface area contributed by atoms with Crippen molar-refractivity contribution in [2.45, 2.75) is 46.1 Å². The quantitative estimate of drug-likeness (QED) is 0.808. The van der Waals surface area contributed by atoms with Crippen LogP contribution in [0.5, 0.6) is 0 Å². The second kappa shape index (κ2) is 6.79. The number of hydrogen-bond acceptors (Lipinski definition) is 1. The van der Waals surface area contributed by atoms with E-state index < -0.39 is 0 Å². The minimum Gasteiger partial charge on any atom is -0.312 e. The van der Waals surface area contributed by atoms with Gasteiger partial charge in [-0.05, 0) is 63.8 Å². The van der Waals surface area contributed by atoms with Gasteiger partial charge in [0.1, 0.15) is 0 Å². The Morgan fingerprint density at radius 3 is 2.44 bits per heavy atom. The first-order valence-electron chi connectivity index (χ1n) is 6.47. The molecular weight excluding hydrogens is 265 g/mol. The molecule has 1 N–H and O–H groups in total. The summed E-state index contributed by atoms with van der Waals surface area (Å²) in [5.74, 6) is 0.635. The van der Waals surface area contributed by atoms with Gasteiger partial charge in [-0.3, -0.25) is 0 Å². The Morgan fingerprint density at radius 2 is 1.89 bits per heavy atom. The van der Waals surface area contributed by atoms with Crippen LogP contribution in [0.15, 0.2) is 18.2 Å². The molecule has 102 valence electrons. The van der Waals surface area contributed by atoms with E-state index in [2.05, 4.69) is 33.0 Å². The molecule has 0 heterocycles. The SMILES string of the molecule is CC(CCc1ccc(Cl)cc1Cl)CNC(C)(C)C. The first-order chi connectivity index (χ1) is 8.28. The molecule has 1 nitrogen and oxygen atoms in total. The summed E-state index contributed by atoms with van der Waals surface area (Å²) in [4.78, 5) is 0. The van der Waals surface area contributed by atoms with Crippen molar-refractivity contribution in [3.63, 3.8) is 0 Å². The highest BCUT2D eigenvalue weighted by atomic mass is 35.5. The smallest absolute Gasteiger partial charge is 0.0452 e. The number of rotatable bonds is 5. The second-order valence-electron chi connectivity index (χ2n) is 6.01. The average Bonchev–Trinajstić information content (AvgIpc) is 2.24. The van der Waals surface area contributed by atoms with Gasteiger partial charge in [0.2, 0.25) is 0 Å². The van der Waals surface area contributed by atoms with Gasteiger partial charge in [0.05, 0.1) is 0 Å². The second-order valence-corrected chi connectivity index (χ2v) is 6.85. The molecule has 1 unspecified atom stereocenters. The van der Waals surface area contributed by atoms with Crippen LogP contribution in [0.4, 0.5) is 0 Å². The minimum atomic E-state index is 0.187. The standard InChI is InChI=1S/C15H23Cl2N/c1-11(10-18-15(2,3)4)5-6-12-7-8-13(16)9-14(12)17/h7-9,11,18H,5-6,10H2,1-4H3. The maximum atomic E-state index is 6.16. The number of nitrogens with one attached hydrogen (secondary N) is 1. The van der Waals surface area contributed by atoms with E-state index in [0.29, 0.717) is 10.9 Å². The maximum Gasteiger partial charge on any atom is 0.0452 e. The molecule has 0 aliphatic rings. The third-order valence-electron chi connectivity index (χ3n) is 2.90. The van der Waals surface area contributed by atoms with Crippen molar-refractivity contribution in [1.82, 2.24) is 5.32 Å². The maximum absolute atomic E-state index is 6.16. The first kappa shape index (κ1) is 15.8. The summed E-state index contributed by atoms with van der Waals surface area (Å²) in [5.41, 5.74) is 1.37. The third-order valence-corrected chi connectivity index (χ3v) is 3.49. The largest absolute Gasteiger partial charge is 0.312 e. The molecule has 0 amide bonds. The van der Waals surface area contributed by atoms with E-state index in [1.54, 1.807) is 0 Å². The fourth-order valence-electron chi connectivity index (χ4n) is 1.71. The molecule has 0 bridgehead atoms. The van der Waals surface area contributed by atoms with Gasteiger partial charge in [-0.15, -0.1) is 0 Å². The molecule has 0 aromatic heterocycles. The van der Waals surface area contributed by atoms with Crippen LogP contribution in [0.3, 0.4) is 0 Å². The molecule has 0 spiro atoms. The van der Waals surface area contributed by atoms with E-state index in [4.69, 9.17) is 23.2 Å². The van der Waals surface area contributed by atoms with Gasteiger partial charge < -0.3 is 5.32 Å². The van der Waals surface area contributed by atoms with Gasteiger partial charge in [0, 0.05) is 15.6 Å². The van der Waals surface area contributed by atoms with Crippen molar-refractivity contribution < 1.29 is 0 Å². The molecule has 0 aliphatic heterocycles. The van der Waals surface area contributed by atoms with Crippen LogP contribution < -0.4 is 5.32 Å². The van der Waals surface area contributed by atoms with Gasteiger partial charge in [-0.25, -0.2) is 0 Å². The summed E-state index contributed by atoms with van der Waals surface area (Å²) in [7, 11) is 0. The Morgan fingerprint density at radius 1 is 1.22 bits per heavy atom. The van der Waals surface area contributed by atoms with Crippen LogP contribution in [0.25, 0.3) is 0 Å². The van der Waals surface area contributed by atoms with Crippen molar-refractivity contribution in [2.75, 3.05) is 6.54 Å². The molecule has 0 aliphatic carbocycles. The molecule has 1 atom stereocenters. The monoisotopic (exact) mass is 287 g/mol. The molecule has 1 aromatic carbocycles. The van der Waals surface area contributed by atoms with Gasteiger partial charge in [0.25, 0.3) is 0 Å². The summed E-state index contributed by atoms with van der Waals surface area (Å²) < 4.78 is 0. The molecule has 1 rings (SSSR count). The predicted molar refractivity (Wildman–Crippen MR) is 81.7 cm³/mol. The lowest BCUT2D eigenvalue weighted by Crippen LogP contribution is -2.38. The molecule has 18 heavy (non-hydrogen) atoms. The van der Waals surface area contributed by atoms with E-state index in [-0.39, 0.29) is 5.54 Å². The van der Waals surface area contributed by atoms with Crippen LogP contribution >= 0.6 is 23.2 Å². The summed E-state index contributed by atoms with van der Waals surface area (Å²) in [6, 6.07) is 5.74. The summed E-state index contributed by atoms with van der Waals surface area (Å²) in [6.45, 7) is 9.87. The minimum absolute atomic E-state index is 0.187. The number of hydrogen-bond donors (Lipinski definition) is 1. The fourth-order valence-corrected chi connectivity index (χ4v) is 2.21. The van der Waals surface area contributed by atoms with Crippen molar-refractivity contribution in [1.29, 1.82) is 0 Å². The molecule has 0 saturated heterocycles.